The van der Waals surface area contributed by atoms with Crippen LogP contribution in [0.4, 0.5) is 0 Å². The van der Waals surface area contributed by atoms with Gasteiger partial charge in [-0.1, -0.05) is 18.2 Å². The van der Waals surface area contributed by atoms with E-state index in [9.17, 15) is 0 Å². The van der Waals surface area contributed by atoms with E-state index in [1.54, 1.807) is 11.8 Å². The largest absolute Gasteiger partial charge is 0.381 e. The monoisotopic (exact) mass is 196 g/mol. The summed E-state index contributed by atoms with van der Waals surface area (Å²) in [5.41, 5.74) is 0. The lowest BCUT2D eigenvalue weighted by Crippen LogP contribution is -1.74. The van der Waals surface area contributed by atoms with Crippen molar-refractivity contribution < 1.29 is 4.74 Å². The lowest BCUT2D eigenvalue weighted by atomic mass is 10.4. The van der Waals surface area contributed by atoms with E-state index in [2.05, 4.69) is 18.4 Å². The van der Waals surface area contributed by atoms with Crippen molar-refractivity contribution in [1.82, 2.24) is 0 Å². The van der Waals surface area contributed by atoms with Crippen LogP contribution in [0.2, 0.25) is 0 Å². The first kappa shape index (κ1) is 10.6. The van der Waals surface area contributed by atoms with Crippen molar-refractivity contribution in [3.8, 4) is 0 Å². The van der Waals surface area contributed by atoms with Gasteiger partial charge in [-0.2, -0.15) is 0 Å². The van der Waals surface area contributed by atoms with Crippen molar-refractivity contribution in [3.05, 3.63) is 30.3 Å². The van der Waals surface area contributed by atoms with Crippen molar-refractivity contribution >= 4 is 11.8 Å². The van der Waals surface area contributed by atoms with Crippen molar-refractivity contribution in [2.45, 2.75) is 17.7 Å². The van der Waals surface area contributed by atoms with Gasteiger partial charge in [0.05, 0.1) is 0 Å². The molecule has 1 fully saturated rings. The van der Waals surface area contributed by atoms with Crippen molar-refractivity contribution in [1.29, 1.82) is 0 Å². The number of hydrogen-bond acceptors (Lipinski definition) is 2. The van der Waals surface area contributed by atoms with E-state index in [4.69, 9.17) is 4.74 Å². The molecule has 1 aromatic carbocycles. The lowest BCUT2D eigenvalue weighted by Gasteiger charge is -1.89. The predicted molar refractivity (Wildman–Crippen MR) is 58.3 cm³/mol. The summed E-state index contributed by atoms with van der Waals surface area (Å²) in [6.45, 7) is 2.00. The second kappa shape index (κ2) is 6.98. The van der Waals surface area contributed by atoms with Crippen molar-refractivity contribution in [2.75, 3.05) is 19.5 Å². The normalized spacial score (nSPS) is 14.8. The molecule has 0 amide bonds. The first-order valence-corrected chi connectivity index (χ1v) is 5.83. The molecule has 0 spiro atoms. The highest BCUT2D eigenvalue weighted by molar-refractivity contribution is 7.98. The van der Waals surface area contributed by atoms with E-state index < -0.39 is 0 Å². The molecule has 1 nitrogen and oxygen atoms in total. The zero-order chi connectivity index (χ0) is 9.36. The predicted octanol–water partition coefficient (Wildman–Crippen LogP) is 3.21. The van der Waals surface area contributed by atoms with E-state index >= 15 is 0 Å². The topological polar surface area (TPSA) is 9.23 Å². The van der Waals surface area contributed by atoms with Crippen LogP contribution in [0.3, 0.4) is 0 Å². The molecule has 0 bridgehead atoms. The molecule has 0 aliphatic carbocycles. The zero-order valence-electron chi connectivity index (χ0n) is 8.03. The molecular formula is C11H16OS. The van der Waals surface area contributed by atoms with Gasteiger partial charge < -0.3 is 4.74 Å². The fraction of sp³-hybridized carbons (Fsp3) is 0.455. The Kier molecular flexibility index (Phi) is 5.70. The van der Waals surface area contributed by atoms with Crippen LogP contribution in [0.1, 0.15) is 12.8 Å². The van der Waals surface area contributed by atoms with Crippen LogP contribution in [0, 0.1) is 0 Å². The van der Waals surface area contributed by atoms with Gasteiger partial charge in [-0.25, -0.2) is 0 Å². The highest BCUT2D eigenvalue weighted by atomic mass is 32.2. The Morgan fingerprint density at radius 3 is 2.00 bits per heavy atom. The molecule has 1 aliphatic rings. The number of hydrogen-bond donors (Lipinski definition) is 0. The Balaban J connectivity index is 0.000000145. The van der Waals surface area contributed by atoms with Gasteiger partial charge in [0.25, 0.3) is 0 Å². The fourth-order valence-corrected chi connectivity index (χ4v) is 1.50. The van der Waals surface area contributed by atoms with Crippen LogP contribution in [0.15, 0.2) is 35.2 Å². The highest BCUT2D eigenvalue weighted by Gasteiger charge is 1.94. The van der Waals surface area contributed by atoms with E-state index in [0.29, 0.717) is 0 Å². The van der Waals surface area contributed by atoms with Gasteiger partial charge in [0.15, 0.2) is 0 Å². The number of thioether (sulfide) groups is 1. The summed E-state index contributed by atoms with van der Waals surface area (Å²) in [5.74, 6) is 0. The van der Waals surface area contributed by atoms with E-state index in [-0.39, 0.29) is 0 Å². The molecule has 0 saturated carbocycles. The summed E-state index contributed by atoms with van der Waals surface area (Å²) in [6.07, 6.45) is 4.63. The Morgan fingerprint density at radius 2 is 1.69 bits per heavy atom. The Bertz CT molecular complexity index is 199. The van der Waals surface area contributed by atoms with Crippen LogP contribution in [0.25, 0.3) is 0 Å². The SMILES string of the molecule is C1CCOC1.CSc1ccccc1. The lowest BCUT2D eigenvalue weighted by molar-refractivity contribution is 0.198. The van der Waals surface area contributed by atoms with Crippen LogP contribution < -0.4 is 0 Å². The third-order valence-electron chi connectivity index (χ3n) is 1.81. The minimum Gasteiger partial charge on any atom is -0.381 e. The molecule has 72 valence electrons. The maximum atomic E-state index is 4.94. The molecule has 13 heavy (non-hydrogen) atoms. The Morgan fingerprint density at radius 1 is 1.08 bits per heavy atom. The fourth-order valence-electron chi connectivity index (χ4n) is 1.07. The van der Waals surface area contributed by atoms with Crippen molar-refractivity contribution in [2.24, 2.45) is 0 Å². The summed E-state index contributed by atoms with van der Waals surface area (Å²) in [4.78, 5) is 1.33. The summed E-state index contributed by atoms with van der Waals surface area (Å²) in [6, 6.07) is 10.3. The van der Waals surface area contributed by atoms with Gasteiger partial charge in [-0.05, 0) is 31.2 Å². The van der Waals surface area contributed by atoms with Gasteiger partial charge in [0.2, 0.25) is 0 Å². The molecule has 0 aromatic heterocycles. The first-order valence-electron chi connectivity index (χ1n) is 4.60. The molecule has 2 rings (SSSR count). The summed E-state index contributed by atoms with van der Waals surface area (Å²) < 4.78 is 4.94. The molecule has 0 radical (unpaired) electrons. The maximum absolute atomic E-state index is 4.94. The molecule has 1 aromatic rings. The molecule has 1 aliphatic heterocycles. The smallest absolute Gasteiger partial charge is 0.0466 e. The van der Waals surface area contributed by atoms with Gasteiger partial charge >= 0.3 is 0 Å². The second-order valence-electron chi connectivity index (χ2n) is 2.84. The van der Waals surface area contributed by atoms with E-state index in [1.807, 2.05) is 18.2 Å². The number of rotatable bonds is 1. The average Bonchev–Trinajstić information content (AvgIpc) is 2.77. The first-order chi connectivity index (χ1) is 6.43. The quantitative estimate of drug-likeness (QED) is 0.638. The molecule has 1 saturated heterocycles. The molecule has 1 heterocycles. The summed E-state index contributed by atoms with van der Waals surface area (Å²) in [5, 5.41) is 0. The third kappa shape index (κ3) is 4.96. The van der Waals surface area contributed by atoms with Crippen molar-refractivity contribution in [3.63, 3.8) is 0 Å². The Labute approximate surface area is 84.5 Å². The van der Waals surface area contributed by atoms with Gasteiger partial charge in [0.1, 0.15) is 0 Å². The zero-order valence-corrected chi connectivity index (χ0v) is 8.85. The Hall–Kier alpha value is -0.470. The molecule has 2 heteroatoms. The van der Waals surface area contributed by atoms with Gasteiger partial charge in [-0.3, -0.25) is 0 Å². The van der Waals surface area contributed by atoms with Crippen LogP contribution in [-0.4, -0.2) is 19.5 Å². The van der Waals surface area contributed by atoms with E-state index in [0.717, 1.165) is 13.2 Å². The van der Waals surface area contributed by atoms with Crippen LogP contribution >= 0.6 is 11.8 Å². The van der Waals surface area contributed by atoms with Gasteiger partial charge in [-0.15, -0.1) is 11.8 Å². The standard InChI is InChI=1S/C7H8S.C4H8O/c1-8-7-5-3-2-4-6-7;1-2-4-5-3-1/h2-6H,1H3;1-4H2. The minimum atomic E-state index is 1.00. The van der Waals surface area contributed by atoms with E-state index in [1.165, 1.54) is 17.7 Å². The number of ether oxygens (including phenoxy) is 1. The molecule has 0 unspecified atom stereocenters. The third-order valence-corrected chi connectivity index (χ3v) is 2.55. The maximum Gasteiger partial charge on any atom is 0.0466 e. The average molecular weight is 196 g/mol. The van der Waals surface area contributed by atoms with Crippen LogP contribution in [0.5, 0.6) is 0 Å². The number of benzene rings is 1. The molecular weight excluding hydrogens is 180 g/mol. The molecule has 0 N–H and O–H groups in total. The highest BCUT2D eigenvalue weighted by Crippen LogP contribution is 2.11. The summed E-state index contributed by atoms with van der Waals surface area (Å²) in [7, 11) is 0. The molecule has 0 atom stereocenters. The summed E-state index contributed by atoms with van der Waals surface area (Å²) >= 11 is 1.77. The minimum absolute atomic E-state index is 1.00. The van der Waals surface area contributed by atoms with Crippen LogP contribution in [-0.2, 0) is 4.74 Å². The second-order valence-corrected chi connectivity index (χ2v) is 3.72. The van der Waals surface area contributed by atoms with Gasteiger partial charge in [0, 0.05) is 18.1 Å².